The van der Waals surface area contributed by atoms with Crippen molar-refractivity contribution in [1.29, 1.82) is 0 Å². The molecule has 1 aromatic rings. The van der Waals surface area contributed by atoms with Gasteiger partial charge in [0.15, 0.2) is 5.76 Å². The first-order valence-corrected chi connectivity index (χ1v) is 11.3. The van der Waals surface area contributed by atoms with Crippen molar-refractivity contribution in [3.63, 3.8) is 0 Å². The Morgan fingerprint density at radius 2 is 1.92 bits per heavy atom. The summed E-state index contributed by atoms with van der Waals surface area (Å²) < 4.78 is 15.0. The molecule has 0 aromatic heterocycles. The third-order valence-corrected chi connectivity index (χ3v) is 4.72. The number of rotatable bonds is 15. The molecule has 0 aliphatic carbocycles. The number of carbonyl (C=O) groups is 2. The summed E-state index contributed by atoms with van der Waals surface area (Å²) >= 11 is 3.94. The van der Waals surface area contributed by atoms with Gasteiger partial charge in [0.25, 0.3) is 0 Å². The zero-order chi connectivity index (χ0) is 28.0. The molecule has 0 saturated carbocycles. The van der Waals surface area contributed by atoms with Crippen molar-refractivity contribution in [3.8, 4) is 5.75 Å². The van der Waals surface area contributed by atoms with Gasteiger partial charge in [-0.05, 0) is 11.6 Å². The zero-order valence-corrected chi connectivity index (χ0v) is 20.3. The van der Waals surface area contributed by atoms with E-state index in [1.165, 1.54) is 6.07 Å². The lowest BCUT2D eigenvalue weighted by Gasteiger charge is -2.20. The van der Waals surface area contributed by atoms with E-state index >= 15 is 0 Å². The van der Waals surface area contributed by atoms with Crippen molar-refractivity contribution < 1.29 is 54.3 Å². The predicted molar refractivity (Wildman–Crippen MR) is 129 cm³/mol. The number of hydrogen-bond donors (Lipinski definition) is 9. The van der Waals surface area contributed by atoms with Crippen LogP contribution in [0, 0.1) is 10.1 Å². The maximum Gasteiger partial charge on any atom is 0.407 e. The van der Waals surface area contributed by atoms with Crippen molar-refractivity contribution in [2.24, 2.45) is 5.73 Å². The van der Waals surface area contributed by atoms with E-state index < -0.39 is 59.6 Å². The highest BCUT2D eigenvalue weighted by atomic mass is 32.1. The van der Waals surface area contributed by atoms with Crippen LogP contribution < -0.4 is 21.1 Å². The van der Waals surface area contributed by atoms with Gasteiger partial charge >= 0.3 is 17.9 Å². The van der Waals surface area contributed by atoms with Gasteiger partial charge in [-0.15, -0.1) is 0 Å². The highest BCUT2D eigenvalue weighted by Gasteiger charge is 2.28. The zero-order valence-electron chi connectivity index (χ0n) is 19.4. The van der Waals surface area contributed by atoms with Gasteiger partial charge in [-0.25, -0.2) is 9.59 Å². The van der Waals surface area contributed by atoms with Crippen LogP contribution in [0.2, 0.25) is 0 Å². The van der Waals surface area contributed by atoms with Gasteiger partial charge in [0.05, 0.1) is 18.1 Å². The number of nitro groups is 1. The van der Waals surface area contributed by atoms with Crippen molar-refractivity contribution in [1.82, 2.24) is 10.6 Å². The third kappa shape index (κ3) is 11.1. The Bertz CT molecular complexity index is 935. The molecule has 1 rings (SSSR count). The second kappa shape index (κ2) is 16.4. The quantitative estimate of drug-likeness (QED) is 0.0531. The second-order valence-corrected chi connectivity index (χ2v) is 7.72. The SMILES string of the molecule is NCC(CNC(=O)OCc1ccc(O/C=C(/O)C(O)[C@@H](O)C(O)CO)c([N+](=O)[O-])c1)OC(=O)NCCS. The monoisotopic (exact) mass is 550 g/mol. The summed E-state index contributed by atoms with van der Waals surface area (Å²) in [6.45, 7) is -1.22. The van der Waals surface area contributed by atoms with Gasteiger partial charge in [-0.3, -0.25) is 10.1 Å². The highest BCUT2D eigenvalue weighted by Crippen LogP contribution is 2.29. The number of aliphatic hydroxyl groups excluding tert-OH is 5. The lowest BCUT2D eigenvalue weighted by atomic mass is 10.1. The Labute approximate surface area is 216 Å². The standard InChI is InChI=1S/C20H30N4O12S/c21-6-12(36-20(31)22-3-4-37)7-23-19(30)35-9-11-1-2-16(13(5-11)24(32)33)34-10-15(27)18(29)17(28)14(26)8-25/h1-2,5,10,12,14,17-18,25-29,37H,3-4,6-9,21H2,(H,22,31)(H,23,30)/b15-10+/t12?,14?,17-,18?/m0/s1. The molecule has 37 heavy (non-hydrogen) atoms. The van der Waals surface area contributed by atoms with Crippen molar-refractivity contribution >= 4 is 30.5 Å². The summed E-state index contributed by atoms with van der Waals surface area (Å²) in [5.74, 6) is -0.938. The van der Waals surface area contributed by atoms with Crippen molar-refractivity contribution in [3.05, 3.63) is 45.9 Å². The number of ether oxygens (including phenoxy) is 3. The van der Waals surface area contributed by atoms with Crippen LogP contribution in [-0.4, -0.2) is 99.1 Å². The van der Waals surface area contributed by atoms with Gasteiger partial charge in [0.1, 0.15) is 37.3 Å². The summed E-state index contributed by atoms with van der Waals surface area (Å²) in [6.07, 6.45) is -7.71. The number of nitrogens with one attached hydrogen (secondary N) is 2. The maximum atomic E-state index is 11.9. The first kappa shape index (κ1) is 31.7. The number of nitrogens with two attached hydrogens (primary N) is 1. The Balaban J connectivity index is 2.71. The number of carbonyl (C=O) groups excluding carboxylic acids is 2. The molecule has 2 amide bonds. The molecule has 4 atom stereocenters. The van der Waals surface area contributed by atoms with Crippen LogP contribution in [0.1, 0.15) is 5.56 Å². The molecule has 9 N–H and O–H groups in total. The van der Waals surface area contributed by atoms with E-state index in [0.717, 1.165) is 12.1 Å². The Kier molecular flexibility index (Phi) is 14.0. The summed E-state index contributed by atoms with van der Waals surface area (Å²) in [5, 5.41) is 63.3. The number of nitro benzene ring substituents is 1. The summed E-state index contributed by atoms with van der Waals surface area (Å²) in [7, 11) is 0. The fourth-order valence-corrected chi connectivity index (χ4v) is 2.62. The largest absolute Gasteiger partial charge is 0.506 e. The molecule has 0 fully saturated rings. The lowest BCUT2D eigenvalue weighted by Crippen LogP contribution is -2.41. The molecule has 0 saturated heterocycles. The Morgan fingerprint density at radius 1 is 1.22 bits per heavy atom. The minimum Gasteiger partial charge on any atom is -0.506 e. The van der Waals surface area contributed by atoms with Crippen molar-refractivity contribution in [2.75, 3.05) is 32.0 Å². The van der Waals surface area contributed by atoms with Crippen LogP contribution in [0.25, 0.3) is 0 Å². The van der Waals surface area contributed by atoms with Crippen LogP contribution >= 0.6 is 12.6 Å². The Hall–Kier alpha value is -3.35. The number of nitrogens with zero attached hydrogens (tertiary/aromatic N) is 1. The summed E-state index contributed by atoms with van der Waals surface area (Å²) in [5.41, 5.74) is 5.11. The number of alkyl carbamates (subject to hydrolysis) is 2. The Morgan fingerprint density at radius 3 is 2.51 bits per heavy atom. The molecule has 0 aliphatic rings. The van der Waals surface area contributed by atoms with Gasteiger partial charge in [0, 0.05) is 24.9 Å². The molecule has 0 radical (unpaired) electrons. The molecule has 3 unspecified atom stereocenters. The normalized spacial score (nSPS) is 14.6. The van der Waals surface area contributed by atoms with E-state index in [2.05, 4.69) is 23.3 Å². The average molecular weight is 551 g/mol. The third-order valence-electron chi connectivity index (χ3n) is 4.50. The first-order valence-electron chi connectivity index (χ1n) is 10.7. The summed E-state index contributed by atoms with van der Waals surface area (Å²) in [4.78, 5) is 34.1. The number of hydrogen-bond acceptors (Lipinski definition) is 14. The molecule has 16 nitrogen and oxygen atoms in total. The predicted octanol–water partition coefficient (Wildman–Crippen LogP) is -1.34. The molecule has 1 aromatic carbocycles. The van der Waals surface area contributed by atoms with E-state index in [4.69, 9.17) is 25.1 Å². The maximum absolute atomic E-state index is 11.9. The van der Waals surface area contributed by atoms with E-state index in [9.17, 15) is 40.1 Å². The summed E-state index contributed by atoms with van der Waals surface area (Å²) in [6, 6.07) is 3.48. The fourth-order valence-electron chi connectivity index (χ4n) is 2.50. The fraction of sp³-hybridized carbons (Fsp3) is 0.500. The van der Waals surface area contributed by atoms with E-state index in [0.29, 0.717) is 12.0 Å². The van der Waals surface area contributed by atoms with Gasteiger partial charge < -0.3 is 56.1 Å². The molecule has 0 heterocycles. The molecule has 0 bridgehead atoms. The highest BCUT2D eigenvalue weighted by molar-refractivity contribution is 7.80. The van der Waals surface area contributed by atoms with Crippen LogP contribution in [0.3, 0.4) is 0 Å². The lowest BCUT2D eigenvalue weighted by molar-refractivity contribution is -0.385. The molecule has 0 aliphatic heterocycles. The van der Waals surface area contributed by atoms with Crippen LogP contribution in [0.15, 0.2) is 30.2 Å². The average Bonchev–Trinajstić information content (AvgIpc) is 2.90. The minimum atomic E-state index is -2.04. The van der Waals surface area contributed by atoms with Crippen LogP contribution in [-0.2, 0) is 16.1 Å². The van der Waals surface area contributed by atoms with E-state index in [-0.39, 0.29) is 37.6 Å². The second-order valence-electron chi connectivity index (χ2n) is 7.28. The first-order chi connectivity index (χ1) is 17.5. The van der Waals surface area contributed by atoms with Crippen molar-refractivity contribution in [2.45, 2.75) is 31.0 Å². The van der Waals surface area contributed by atoms with Crippen LogP contribution in [0.4, 0.5) is 15.3 Å². The number of thiol groups is 1. The number of amides is 2. The van der Waals surface area contributed by atoms with Gasteiger partial charge in [-0.1, -0.05) is 6.07 Å². The topological polar surface area (TPSA) is 256 Å². The minimum absolute atomic E-state index is 0.0791. The smallest absolute Gasteiger partial charge is 0.407 e. The molecule has 17 heteroatoms. The van der Waals surface area contributed by atoms with Gasteiger partial charge in [-0.2, -0.15) is 12.6 Å². The van der Waals surface area contributed by atoms with E-state index in [1.54, 1.807) is 0 Å². The molecular weight excluding hydrogens is 520 g/mol. The van der Waals surface area contributed by atoms with E-state index in [1.807, 2.05) is 0 Å². The molecule has 208 valence electrons. The number of aliphatic hydroxyl groups is 5. The van der Waals surface area contributed by atoms with Crippen LogP contribution in [0.5, 0.6) is 5.75 Å². The van der Waals surface area contributed by atoms with Gasteiger partial charge in [0.2, 0.25) is 5.75 Å². The molecular formula is C20H30N4O12S. The molecule has 0 spiro atoms. The number of benzene rings is 1.